The molecule has 0 aromatic rings. The number of ether oxygens (including phenoxy) is 1. The maximum absolute atomic E-state index is 12.3. The molecule has 5 nitrogen and oxygen atoms in total. The summed E-state index contributed by atoms with van der Waals surface area (Å²) in [7, 11) is 0. The zero-order valence-electron chi connectivity index (χ0n) is 11.8. The Morgan fingerprint density at radius 3 is 2.75 bits per heavy atom. The van der Waals surface area contributed by atoms with Gasteiger partial charge in [-0.3, -0.25) is 9.59 Å². The predicted octanol–water partition coefficient (Wildman–Crippen LogP) is 1.52. The monoisotopic (exact) mass is 281 g/mol. The van der Waals surface area contributed by atoms with E-state index in [0.717, 1.165) is 12.3 Å². The van der Waals surface area contributed by atoms with Gasteiger partial charge in [-0.25, -0.2) is 0 Å². The van der Waals surface area contributed by atoms with Gasteiger partial charge in [-0.2, -0.15) is 0 Å². The molecule has 1 saturated carbocycles. The van der Waals surface area contributed by atoms with E-state index in [0.29, 0.717) is 39.1 Å². The summed E-state index contributed by atoms with van der Waals surface area (Å²) in [6.07, 6.45) is 5.87. The number of hydrogen-bond donors (Lipinski definition) is 1. The van der Waals surface area contributed by atoms with Crippen LogP contribution >= 0.6 is 0 Å². The second kappa shape index (κ2) is 5.35. The second-order valence-corrected chi connectivity index (χ2v) is 6.59. The van der Waals surface area contributed by atoms with E-state index in [1.54, 1.807) is 4.90 Å². The molecule has 1 amide bonds. The molecule has 1 aliphatic carbocycles. The predicted molar refractivity (Wildman–Crippen MR) is 72.1 cm³/mol. The van der Waals surface area contributed by atoms with Gasteiger partial charge in [-0.05, 0) is 18.8 Å². The van der Waals surface area contributed by atoms with Crippen molar-refractivity contribution in [3.63, 3.8) is 0 Å². The number of rotatable bonds is 4. The number of fused-ring (bicyclic) bond motifs is 1. The van der Waals surface area contributed by atoms with Gasteiger partial charge in [0, 0.05) is 32.0 Å². The highest BCUT2D eigenvalue weighted by Crippen LogP contribution is 2.42. The first-order valence-electron chi connectivity index (χ1n) is 7.71. The molecule has 0 bridgehead atoms. The lowest BCUT2D eigenvalue weighted by Crippen LogP contribution is -2.45. The lowest BCUT2D eigenvalue weighted by atomic mass is 9.74. The molecule has 3 aliphatic rings. The first kappa shape index (κ1) is 13.9. The van der Waals surface area contributed by atoms with Crippen molar-refractivity contribution in [2.75, 3.05) is 26.3 Å². The maximum Gasteiger partial charge on any atom is 0.311 e. The number of carbonyl (C=O) groups excluding carboxylic acids is 1. The van der Waals surface area contributed by atoms with Crippen LogP contribution < -0.4 is 0 Å². The normalized spacial score (nSPS) is 33.6. The van der Waals surface area contributed by atoms with E-state index in [4.69, 9.17) is 4.74 Å². The summed E-state index contributed by atoms with van der Waals surface area (Å²) in [5.41, 5.74) is -0.760. The van der Waals surface area contributed by atoms with Gasteiger partial charge in [-0.1, -0.05) is 19.3 Å². The van der Waals surface area contributed by atoms with Crippen molar-refractivity contribution in [2.45, 2.75) is 38.5 Å². The fraction of sp³-hybridized carbons (Fsp3) is 0.867. The Labute approximate surface area is 119 Å². The van der Waals surface area contributed by atoms with Crippen LogP contribution in [0.5, 0.6) is 0 Å². The van der Waals surface area contributed by atoms with Crippen molar-refractivity contribution in [1.82, 2.24) is 4.90 Å². The number of aliphatic carboxylic acids is 1. The summed E-state index contributed by atoms with van der Waals surface area (Å²) >= 11 is 0. The smallest absolute Gasteiger partial charge is 0.311 e. The average Bonchev–Trinajstić information content (AvgIpc) is 2.77. The number of hydrogen-bond acceptors (Lipinski definition) is 3. The Balaban J connectivity index is 1.61. The number of likely N-dealkylation sites (tertiary alicyclic amines) is 1. The summed E-state index contributed by atoms with van der Waals surface area (Å²) < 4.78 is 5.41. The van der Waals surface area contributed by atoms with E-state index in [9.17, 15) is 14.7 Å². The molecule has 2 aliphatic heterocycles. The Kier molecular flexibility index (Phi) is 3.71. The van der Waals surface area contributed by atoms with Crippen molar-refractivity contribution in [3.8, 4) is 0 Å². The second-order valence-electron chi connectivity index (χ2n) is 6.59. The van der Waals surface area contributed by atoms with Crippen LogP contribution in [0.3, 0.4) is 0 Å². The largest absolute Gasteiger partial charge is 0.481 e. The molecule has 1 N–H and O–H groups in total. The van der Waals surface area contributed by atoms with Crippen LogP contribution in [-0.2, 0) is 14.3 Å². The summed E-state index contributed by atoms with van der Waals surface area (Å²) in [5, 5.41) is 9.57. The number of amides is 1. The molecule has 3 fully saturated rings. The number of carboxylic acids is 1. The summed E-state index contributed by atoms with van der Waals surface area (Å²) in [6.45, 7) is 1.89. The first-order valence-corrected chi connectivity index (χ1v) is 7.71. The number of carbonyl (C=O) groups is 2. The summed E-state index contributed by atoms with van der Waals surface area (Å²) in [6, 6.07) is 0. The van der Waals surface area contributed by atoms with Gasteiger partial charge in [0.2, 0.25) is 5.91 Å². The summed E-state index contributed by atoms with van der Waals surface area (Å²) in [4.78, 5) is 25.7. The minimum absolute atomic E-state index is 0.0404. The molecule has 0 aromatic carbocycles. The van der Waals surface area contributed by atoms with Crippen LogP contribution in [-0.4, -0.2) is 48.2 Å². The molecule has 5 heteroatoms. The van der Waals surface area contributed by atoms with Gasteiger partial charge < -0.3 is 14.7 Å². The highest BCUT2D eigenvalue weighted by Gasteiger charge is 2.54. The van der Waals surface area contributed by atoms with Crippen molar-refractivity contribution >= 4 is 11.9 Å². The van der Waals surface area contributed by atoms with Crippen LogP contribution in [0.1, 0.15) is 38.5 Å². The fourth-order valence-electron chi connectivity index (χ4n) is 3.76. The van der Waals surface area contributed by atoms with E-state index in [1.807, 2.05) is 0 Å². The minimum atomic E-state index is -0.764. The molecule has 0 radical (unpaired) electrons. The van der Waals surface area contributed by atoms with E-state index >= 15 is 0 Å². The van der Waals surface area contributed by atoms with Crippen molar-refractivity contribution in [3.05, 3.63) is 0 Å². The third kappa shape index (κ3) is 2.32. The van der Waals surface area contributed by atoms with E-state index in [-0.39, 0.29) is 11.8 Å². The fourth-order valence-corrected chi connectivity index (χ4v) is 3.76. The SMILES string of the molecule is O=C(CCC1CCC1)N1C[C@H]2COCC[C@@]2(C(=O)O)C1. The molecule has 2 atom stereocenters. The van der Waals surface area contributed by atoms with Gasteiger partial charge in [0.05, 0.1) is 12.0 Å². The maximum atomic E-state index is 12.3. The van der Waals surface area contributed by atoms with Crippen LogP contribution in [0.2, 0.25) is 0 Å². The minimum Gasteiger partial charge on any atom is -0.481 e. The molecular weight excluding hydrogens is 258 g/mol. The van der Waals surface area contributed by atoms with Crippen molar-refractivity contribution in [1.29, 1.82) is 0 Å². The van der Waals surface area contributed by atoms with Gasteiger partial charge in [0.1, 0.15) is 0 Å². The number of carboxylic acid groups (broad SMARTS) is 1. The molecule has 2 heterocycles. The molecule has 2 saturated heterocycles. The molecular formula is C15H23NO4. The zero-order valence-corrected chi connectivity index (χ0v) is 11.8. The standard InChI is InChI=1S/C15H23NO4/c17-13(5-4-11-2-1-3-11)16-8-12-9-20-7-6-15(12,10-16)14(18)19/h11-12H,1-10H2,(H,18,19)/t12-,15+/m0/s1. The third-order valence-electron chi connectivity index (χ3n) is 5.48. The Hall–Kier alpha value is -1.10. The zero-order chi connectivity index (χ0) is 14.2. The molecule has 0 unspecified atom stereocenters. The number of nitrogens with zero attached hydrogens (tertiary/aromatic N) is 1. The Morgan fingerprint density at radius 2 is 2.15 bits per heavy atom. The van der Waals surface area contributed by atoms with E-state index < -0.39 is 11.4 Å². The highest BCUT2D eigenvalue weighted by atomic mass is 16.5. The van der Waals surface area contributed by atoms with Crippen molar-refractivity contribution < 1.29 is 19.4 Å². The quantitative estimate of drug-likeness (QED) is 0.848. The lowest BCUT2D eigenvalue weighted by Gasteiger charge is -2.33. The van der Waals surface area contributed by atoms with Crippen molar-refractivity contribution in [2.24, 2.45) is 17.3 Å². The van der Waals surface area contributed by atoms with Gasteiger partial charge >= 0.3 is 5.97 Å². The van der Waals surface area contributed by atoms with E-state index in [2.05, 4.69) is 0 Å². The van der Waals surface area contributed by atoms with Crippen LogP contribution in [0.15, 0.2) is 0 Å². The highest BCUT2D eigenvalue weighted by molar-refractivity contribution is 5.81. The first-order chi connectivity index (χ1) is 9.62. The molecule has 3 rings (SSSR count). The van der Waals surface area contributed by atoms with E-state index in [1.165, 1.54) is 19.3 Å². The van der Waals surface area contributed by atoms with Crippen LogP contribution in [0.25, 0.3) is 0 Å². The third-order valence-corrected chi connectivity index (χ3v) is 5.48. The van der Waals surface area contributed by atoms with Gasteiger partial charge in [0.15, 0.2) is 0 Å². The topological polar surface area (TPSA) is 66.8 Å². The summed E-state index contributed by atoms with van der Waals surface area (Å²) in [5.74, 6) is 0.0500. The molecule has 20 heavy (non-hydrogen) atoms. The molecule has 0 aromatic heterocycles. The molecule has 0 spiro atoms. The van der Waals surface area contributed by atoms with Gasteiger partial charge in [-0.15, -0.1) is 0 Å². The average molecular weight is 281 g/mol. The van der Waals surface area contributed by atoms with Crippen LogP contribution in [0, 0.1) is 17.3 Å². The molecule has 112 valence electrons. The Morgan fingerprint density at radius 1 is 1.35 bits per heavy atom. The van der Waals surface area contributed by atoms with Gasteiger partial charge in [0.25, 0.3) is 0 Å². The van der Waals surface area contributed by atoms with Crippen LogP contribution in [0.4, 0.5) is 0 Å². The Bertz CT molecular complexity index is 407. The lowest BCUT2D eigenvalue weighted by molar-refractivity contribution is -0.157.